The maximum Gasteiger partial charge on any atom is 0.0343 e. The molecular formula is C10H22N4. The summed E-state index contributed by atoms with van der Waals surface area (Å²) in [5.41, 5.74) is 0. The lowest BCUT2D eigenvalue weighted by Gasteiger charge is -2.45. The van der Waals surface area contributed by atoms with Gasteiger partial charge in [0.1, 0.15) is 0 Å². The molecule has 2 rings (SSSR count). The van der Waals surface area contributed by atoms with E-state index in [1.165, 1.54) is 32.7 Å². The SMILES string of the molecule is CC1CNCCN1N1CCN(C)CC1. The first-order valence-electron chi connectivity index (χ1n) is 5.68. The molecule has 14 heavy (non-hydrogen) atoms. The van der Waals surface area contributed by atoms with Crippen molar-refractivity contribution in [3.05, 3.63) is 0 Å². The molecule has 0 aromatic carbocycles. The smallest absolute Gasteiger partial charge is 0.0343 e. The van der Waals surface area contributed by atoms with Gasteiger partial charge < -0.3 is 10.2 Å². The molecule has 1 N–H and O–H groups in total. The number of rotatable bonds is 1. The summed E-state index contributed by atoms with van der Waals surface area (Å²) in [5.74, 6) is 0. The first-order chi connectivity index (χ1) is 6.77. The first-order valence-corrected chi connectivity index (χ1v) is 5.68. The second-order valence-corrected chi connectivity index (χ2v) is 4.47. The molecule has 0 spiro atoms. The molecule has 2 saturated heterocycles. The third kappa shape index (κ3) is 2.25. The fourth-order valence-electron chi connectivity index (χ4n) is 2.30. The topological polar surface area (TPSA) is 21.8 Å². The Hall–Kier alpha value is -0.160. The lowest BCUT2D eigenvalue weighted by Crippen LogP contribution is -2.61. The summed E-state index contributed by atoms with van der Waals surface area (Å²) < 4.78 is 0. The highest BCUT2D eigenvalue weighted by atomic mass is 15.7. The maximum atomic E-state index is 3.43. The molecule has 2 fully saturated rings. The summed E-state index contributed by atoms with van der Waals surface area (Å²) in [4.78, 5) is 2.41. The van der Waals surface area contributed by atoms with Crippen LogP contribution in [0.1, 0.15) is 6.92 Å². The number of nitrogens with zero attached hydrogens (tertiary/aromatic N) is 3. The van der Waals surface area contributed by atoms with Gasteiger partial charge in [0, 0.05) is 51.9 Å². The Morgan fingerprint density at radius 3 is 2.43 bits per heavy atom. The zero-order valence-electron chi connectivity index (χ0n) is 9.37. The lowest BCUT2D eigenvalue weighted by atomic mass is 10.2. The van der Waals surface area contributed by atoms with Crippen molar-refractivity contribution >= 4 is 0 Å². The number of hydrogen-bond acceptors (Lipinski definition) is 4. The molecule has 2 aliphatic rings. The van der Waals surface area contributed by atoms with Gasteiger partial charge >= 0.3 is 0 Å². The number of likely N-dealkylation sites (N-methyl/N-ethyl adjacent to an activating group) is 1. The van der Waals surface area contributed by atoms with Crippen LogP contribution >= 0.6 is 0 Å². The Bertz CT molecular complexity index is 177. The molecule has 4 heteroatoms. The quantitative estimate of drug-likeness (QED) is 0.610. The van der Waals surface area contributed by atoms with E-state index in [2.05, 4.69) is 34.2 Å². The van der Waals surface area contributed by atoms with Crippen LogP contribution in [0.4, 0.5) is 0 Å². The predicted molar refractivity (Wildman–Crippen MR) is 58.1 cm³/mol. The molecule has 0 amide bonds. The molecule has 0 bridgehead atoms. The van der Waals surface area contributed by atoms with Gasteiger partial charge in [-0.1, -0.05) is 0 Å². The highest BCUT2D eigenvalue weighted by Gasteiger charge is 2.25. The molecule has 4 nitrogen and oxygen atoms in total. The Morgan fingerprint density at radius 2 is 1.79 bits per heavy atom. The zero-order chi connectivity index (χ0) is 9.97. The largest absolute Gasteiger partial charge is 0.314 e. The monoisotopic (exact) mass is 198 g/mol. The van der Waals surface area contributed by atoms with E-state index in [0.29, 0.717) is 6.04 Å². The summed E-state index contributed by atoms with van der Waals surface area (Å²) in [6.45, 7) is 10.5. The number of piperazine rings is 2. The maximum absolute atomic E-state index is 3.43. The second kappa shape index (κ2) is 4.57. The molecule has 0 saturated carbocycles. The van der Waals surface area contributed by atoms with E-state index in [9.17, 15) is 0 Å². The van der Waals surface area contributed by atoms with Crippen molar-refractivity contribution in [2.24, 2.45) is 0 Å². The Balaban J connectivity index is 1.87. The third-order valence-electron chi connectivity index (χ3n) is 3.31. The van der Waals surface area contributed by atoms with Crippen molar-refractivity contribution < 1.29 is 0 Å². The van der Waals surface area contributed by atoms with Crippen LogP contribution in [0.2, 0.25) is 0 Å². The van der Waals surface area contributed by atoms with E-state index in [1.807, 2.05) is 0 Å². The van der Waals surface area contributed by atoms with Crippen LogP contribution in [0, 0.1) is 0 Å². The highest BCUT2D eigenvalue weighted by Crippen LogP contribution is 2.10. The molecule has 0 aliphatic carbocycles. The van der Waals surface area contributed by atoms with Crippen molar-refractivity contribution in [3.8, 4) is 0 Å². The molecule has 0 aromatic rings. The van der Waals surface area contributed by atoms with Gasteiger partial charge in [0.2, 0.25) is 0 Å². The van der Waals surface area contributed by atoms with Gasteiger partial charge in [0.05, 0.1) is 0 Å². The van der Waals surface area contributed by atoms with Gasteiger partial charge in [-0.3, -0.25) is 0 Å². The van der Waals surface area contributed by atoms with Crippen LogP contribution < -0.4 is 5.32 Å². The molecular weight excluding hydrogens is 176 g/mol. The highest BCUT2D eigenvalue weighted by molar-refractivity contribution is 4.77. The van der Waals surface area contributed by atoms with Crippen molar-refractivity contribution in [2.75, 3.05) is 52.9 Å². The molecule has 2 heterocycles. The van der Waals surface area contributed by atoms with E-state index in [1.54, 1.807) is 0 Å². The lowest BCUT2D eigenvalue weighted by molar-refractivity contribution is -0.0875. The van der Waals surface area contributed by atoms with Gasteiger partial charge in [-0.25, -0.2) is 10.0 Å². The van der Waals surface area contributed by atoms with E-state index in [0.717, 1.165) is 13.1 Å². The average Bonchev–Trinajstić information content (AvgIpc) is 2.20. The van der Waals surface area contributed by atoms with Crippen LogP contribution in [0.15, 0.2) is 0 Å². The molecule has 1 atom stereocenters. The van der Waals surface area contributed by atoms with Crippen LogP contribution in [0.3, 0.4) is 0 Å². The molecule has 2 aliphatic heterocycles. The van der Waals surface area contributed by atoms with Gasteiger partial charge in [-0.05, 0) is 14.0 Å². The summed E-state index contributed by atoms with van der Waals surface area (Å²) >= 11 is 0. The second-order valence-electron chi connectivity index (χ2n) is 4.47. The average molecular weight is 198 g/mol. The van der Waals surface area contributed by atoms with Crippen molar-refractivity contribution in [1.29, 1.82) is 0 Å². The van der Waals surface area contributed by atoms with Gasteiger partial charge in [-0.2, -0.15) is 0 Å². The first kappa shape index (κ1) is 10.4. The van der Waals surface area contributed by atoms with E-state index < -0.39 is 0 Å². The van der Waals surface area contributed by atoms with Gasteiger partial charge in [0.25, 0.3) is 0 Å². The van der Waals surface area contributed by atoms with Crippen LogP contribution in [-0.4, -0.2) is 73.8 Å². The number of hydrogen-bond donors (Lipinski definition) is 1. The van der Waals surface area contributed by atoms with E-state index >= 15 is 0 Å². The minimum absolute atomic E-state index is 0.659. The Kier molecular flexibility index (Phi) is 3.38. The number of nitrogens with one attached hydrogen (secondary N) is 1. The molecule has 0 aromatic heterocycles. The fourth-order valence-corrected chi connectivity index (χ4v) is 2.30. The minimum Gasteiger partial charge on any atom is -0.314 e. The Morgan fingerprint density at radius 1 is 1.07 bits per heavy atom. The summed E-state index contributed by atoms with van der Waals surface area (Å²) in [7, 11) is 2.21. The van der Waals surface area contributed by atoms with Crippen LogP contribution in [0.5, 0.6) is 0 Å². The molecule has 82 valence electrons. The standard InChI is InChI=1S/C10H22N4/c1-10-9-11-3-4-14(10)13-7-5-12(2)6-8-13/h10-11H,3-9H2,1-2H3. The summed E-state index contributed by atoms with van der Waals surface area (Å²) in [6, 6.07) is 0.659. The predicted octanol–water partition coefficient (Wildman–Crippen LogP) is -0.557. The molecule has 0 radical (unpaired) electrons. The fraction of sp³-hybridized carbons (Fsp3) is 1.00. The number of hydrazine groups is 1. The van der Waals surface area contributed by atoms with Crippen molar-refractivity contribution in [1.82, 2.24) is 20.2 Å². The Labute approximate surface area is 86.8 Å². The minimum atomic E-state index is 0.659. The van der Waals surface area contributed by atoms with E-state index in [-0.39, 0.29) is 0 Å². The van der Waals surface area contributed by atoms with Gasteiger partial charge in [-0.15, -0.1) is 0 Å². The van der Waals surface area contributed by atoms with Crippen molar-refractivity contribution in [2.45, 2.75) is 13.0 Å². The summed E-state index contributed by atoms with van der Waals surface area (Å²) in [5, 5.41) is 8.51. The third-order valence-corrected chi connectivity index (χ3v) is 3.31. The summed E-state index contributed by atoms with van der Waals surface area (Å²) in [6.07, 6.45) is 0. The van der Waals surface area contributed by atoms with E-state index in [4.69, 9.17) is 0 Å². The zero-order valence-corrected chi connectivity index (χ0v) is 9.37. The molecule has 1 unspecified atom stereocenters. The van der Waals surface area contributed by atoms with Crippen LogP contribution in [-0.2, 0) is 0 Å². The van der Waals surface area contributed by atoms with Crippen molar-refractivity contribution in [3.63, 3.8) is 0 Å². The van der Waals surface area contributed by atoms with Crippen LogP contribution in [0.25, 0.3) is 0 Å². The normalized spacial score (nSPS) is 33.4. The van der Waals surface area contributed by atoms with Gasteiger partial charge in [0.15, 0.2) is 0 Å².